The van der Waals surface area contributed by atoms with Crippen LogP contribution in [0.25, 0.3) is 6.08 Å². The number of carbonyl (C=O) groups is 2. The molecular formula is C14H14ClNO3S. The predicted molar refractivity (Wildman–Crippen MR) is 81.0 cm³/mol. The number of nitrogens with zero attached hydrogens (tertiary/aromatic N) is 1. The number of halogens is 1. The van der Waals surface area contributed by atoms with Crippen LogP contribution in [0, 0.1) is 0 Å². The molecular weight excluding hydrogens is 298 g/mol. The zero-order valence-electron chi connectivity index (χ0n) is 11.2. The second-order valence-corrected chi connectivity index (χ2v) is 5.65. The van der Waals surface area contributed by atoms with Crippen LogP contribution in [-0.4, -0.2) is 29.7 Å². The highest BCUT2D eigenvalue weighted by Gasteiger charge is 2.34. The lowest BCUT2D eigenvalue weighted by Gasteiger charge is -2.09. The van der Waals surface area contributed by atoms with Gasteiger partial charge in [0.15, 0.2) is 0 Å². The van der Waals surface area contributed by atoms with Crippen molar-refractivity contribution in [3.05, 3.63) is 33.7 Å². The van der Waals surface area contributed by atoms with Crippen molar-refractivity contribution in [3.63, 3.8) is 0 Å². The average molecular weight is 312 g/mol. The van der Waals surface area contributed by atoms with Gasteiger partial charge in [-0.2, -0.15) is 0 Å². The Morgan fingerprint density at radius 1 is 1.40 bits per heavy atom. The highest BCUT2D eigenvalue weighted by Crippen LogP contribution is 2.34. The molecule has 4 nitrogen and oxygen atoms in total. The van der Waals surface area contributed by atoms with Crippen molar-refractivity contribution >= 4 is 40.6 Å². The summed E-state index contributed by atoms with van der Waals surface area (Å²) in [5.74, 6) is 0.348. The third kappa shape index (κ3) is 2.99. The van der Waals surface area contributed by atoms with Crippen molar-refractivity contribution in [2.45, 2.75) is 13.3 Å². The summed E-state index contributed by atoms with van der Waals surface area (Å²) in [5, 5.41) is 0.314. The molecule has 1 aromatic rings. The highest BCUT2D eigenvalue weighted by molar-refractivity contribution is 8.18. The molecule has 2 amide bonds. The molecule has 1 aliphatic heterocycles. The summed E-state index contributed by atoms with van der Waals surface area (Å²) in [6.07, 6.45) is 2.39. The lowest BCUT2D eigenvalue weighted by Crippen LogP contribution is -2.28. The van der Waals surface area contributed by atoms with Gasteiger partial charge in [0.05, 0.1) is 12.0 Å². The van der Waals surface area contributed by atoms with E-state index in [4.69, 9.17) is 16.3 Å². The minimum Gasteiger partial charge on any atom is -0.496 e. The number of rotatable bonds is 4. The summed E-state index contributed by atoms with van der Waals surface area (Å²) in [7, 11) is 1.55. The molecule has 0 bridgehead atoms. The SMILES string of the molecule is CCCN1C(=O)S/C(=C/c2cc(Cl)ccc2OC)C1=O. The maximum Gasteiger partial charge on any atom is 0.293 e. The normalized spacial score (nSPS) is 17.1. The first-order valence-corrected chi connectivity index (χ1v) is 7.35. The highest BCUT2D eigenvalue weighted by atomic mass is 35.5. The number of carbonyl (C=O) groups excluding carboxylic acids is 2. The molecule has 1 fully saturated rings. The molecule has 0 spiro atoms. The molecule has 1 heterocycles. The average Bonchev–Trinajstić information content (AvgIpc) is 2.67. The van der Waals surface area contributed by atoms with E-state index in [1.165, 1.54) is 4.90 Å². The number of amides is 2. The lowest BCUT2D eigenvalue weighted by molar-refractivity contribution is -0.122. The molecule has 0 unspecified atom stereocenters. The first-order chi connectivity index (χ1) is 9.56. The molecule has 1 aromatic carbocycles. The fraction of sp³-hybridized carbons (Fsp3) is 0.286. The number of benzene rings is 1. The van der Waals surface area contributed by atoms with E-state index in [-0.39, 0.29) is 11.1 Å². The zero-order valence-corrected chi connectivity index (χ0v) is 12.8. The molecule has 6 heteroatoms. The summed E-state index contributed by atoms with van der Waals surface area (Å²) < 4.78 is 5.22. The van der Waals surface area contributed by atoms with E-state index in [1.54, 1.807) is 31.4 Å². The van der Waals surface area contributed by atoms with E-state index >= 15 is 0 Å². The Hall–Kier alpha value is -1.46. The van der Waals surface area contributed by atoms with Gasteiger partial charge >= 0.3 is 0 Å². The smallest absolute Gasteiger partial charge is 0.293 e. The summed E-state index contributed by atoms with van der Waals surface area (Å²) in [6, 6.07) is 5.14. The monoisotopic (exact) mass is 311 g/mol. The first-order valence-electron chi connectivity index (χ1n) is 6.15. The van der Waals surface area contributed by atoms with E-state index in [2.05, 4.69) is 0 Å². The summed E-state index contributed by atoms with van der Waals surface area (Å²) in [4.78, 5) is 25.6. The lowest BCUT2D eigenvalue weighted by atomic mass is 10.2. The molecule has 106 valence electrons. The Labute approximate surface area is 126 Å². The second-order valence-electron chi connectivity index (χ2n) is 4.22. The van der Waals surface area contributed by atoms with Crippen molar-refractivity contribution in [2.75, 3.05) is 13.7 Å². The molecule has 2 rings (SSSR count). The molecule has 1 saturated heterocycles. The fourth-order valence-electron chi connectivity index (χ4n) is 1.88. The molecule has 0 N–H and O–H groups in total. The molecule has 20 heavy (non-hydrogen) atoms. The van der Waals surface area contributed by atoms with Crippen LogP contribution >= 0.6 is 23.4 Å². The molecule has 1 aliphatic rings. The van der Waals surface area contributed by atoms with Gasteiger partial charge in [0.2, 0.25) is 0 Å². The van der Waals surface area contributed by atoms with Crippen LogP contribution in [0.2, 0.25) is 5.02 Å². The van der Waals surface area contributed by atoms with Gasteiger partial charge in [0, 0.05) is 17.1 Å². The minimum absolute atomic E-state index is 0.232. The number of hydrogen-bond acceptors (Lipinski definition) is 4. The number of ether oxygens (including phenoxy) is 1. The number of thioether (sulfide) groups is 1. The van der Waals surface area contributed by atoms with Crippen molar-refractivity contribution in [2.24, 2.45) is 0 Å². The Kier molecular flexibility index (Phi) is 4.73. The summed E-state index contributed by atoms with van der Waals surface area (Å²) in [6.45, 7) is 2.36. The van der Waals surface area contributed by atoms with Gasteiger partial charge in [-0.1, -0.05) is 18.5 Å². The standard InChI is InChI=1S/C14H14ClNO3S/c1-3-6-16-13(17)12(20-14(16)18)8-9-7-10(15)4-5-11(9)19-2/h4-5,7-8H,3,6H2,1-2H3/b12-8+. The number of methoxy groups -OCH3 is 1. The molecule has 0 aliphatic carbocycles. The van der Waals surface area contributed by atoms with Crippen molar-refractivity contribution < 1.29 is 14.3 Å². The van der Waals surface area contributed by atoms with Gasteiger partial charge in [-0.05, 0) is 42.5 Å². The molecule has 0 aromatic heterocycles. The van der Waals surface area contributed by atoms with Crippen LogP contribution in [0.4, 0.5) is 4.79 Å². The third-order valence-corrected chi connectivity index (χ3v) is 3.94. The molecule has 0 atom stereocenters. The topological polar surface area (TPSA) is 46.6 Å². The van der Waals surface area contributed by atoms with Gasteiger partial charge < -0.3 is 4.74 Å². The van der Waals surface area contributed by atoms with E-state index in [0.717, 1.165) is 18.2 Å². The second kappa shape index (κ2) is 6.33. The van der Waals surface area contributed by atoms with Crippen LogP contribution in [0.1, 0.15) is 18.9 Å². The van der Waals surface area contributed by atoms with Gasteiger partial charge in [-0.3, -0.25) is 14.5 Å². The van der Waals surface area contributed by atoms with Crippen molar-refractivity contribution in [1.82, 2.24) is 4.90 Å². The van der Waals surface area contributed by atoms with Crippen molar-refractivity contribution in [3.8, 4) is 5.75 Å². The van der Waals surface area contributed by atoms with Crippen LogP contribution in [0.5, 0.6) is 5.75 Å². The predicted octanol–water partition coefficient (Wildman–Crippen LogP) is 3.79. The van der Waals surface area contributed by atoms with Gasteiger partial charge in [-0.15, -0.1) is 0 Å². The van der Waals surface area contributed by atoms with Gasteiger partial charge in [0.25, 0.3) is 11.1 Å². The summed E-state index contributed by atoms with van der Waals surface area (Å²) >= 11 is 6.89. The van der Waals surface area contributed by atoms with Crippen LogP contribution in [-0.2, 0) is 4.79 Å². The Balaban J connectivity index is 2.35. The number of hydrogen-bond donors (Lipinski definition) is 0. The first kappa shape index (κ1) is 14.9. The summed E-state index contributed by atoms with van der Waals surface area (Å²) in [5.41, 5.74) is 0.682. The van der Waals surface area contributed by atoms with Crippen LogP contribution in [0.15, 0.2) is 23.1 Å². The number of imide groups is 1. The van der Waals surface area contributed by atoms with E-state index in [0.29, 0.717) is 27.8 Å². The Morgan fingerprint density at radius 3 is 2.80 bits per heavy atom. The largest absolute Gasteiger partial charge is 0.496 e. The maximum atomic E-state index is 12.1. The van der Waals surface area contributed by atoms with E-state index in [9.17, 15) is 9.59 Å². The van der Waals surface area contributed by atoms with E-state index < -0.39 is 0 Å². The third-order valence-electron chi connectivity index (χ3n) is 2.80. The Bertz CT molecular complexity index is 586. The fourth-order valence-corrected chi connectivity index (χ4v) is 2.91. The van der Waals surface area contributed by atoms with Crippen LogP contribution < -0.4 is 4.74 Å². The van der Waals surface area contributed by atoms with Gasteiger partial charge in [0.1, 0.15) is 5.75 Å². The molecule has 0 radical (unpaired) electrons. The van der Waals surface area contributed by atoms with Crippen LogP contribution in [0.3, 0.4) is 0 Å². The Morgan fingerprint density at radius 2 is 2.15 bits per heavy atom. The van der Waals surface area contributed by atoms with Crippen molar-refractivity contribution in [1.29, 1.82) is 0 Å². The van der Waals surface area contributed by atoms with Gasteiger partial charge in [-0.25, -0.2) is 0 Å². The maximum absolute atomic E-state index is 12.1. The van der Waals surface area contributed by atoms with E-state index in [1.807, 2.05) is 6.92 Å². The minimum atomic E-state index is -0.260. The zero-order chi connectivity index (χ0) is 14.7. The quantitative estimate of drug-likeness (QED) is 0.794. The molecule has 0 saturated carbocycles.